The summed E-state index contributed by atoms with van der Waals surface area (Å²) >= 11 is 0. The van der Waals surface area contributed by atoms with Crippen LogP contribution in [0, 0.1) is 12.7 Å². The molecule has 1 aromatic carbocycles. The molecule has 0 unspecified atom stereocenters. The van der Waals surface area contributed by atoms with Crippen LogP contribution < -0.4 is 10.0 Å². The molecule has 0 amide bonds. The number of nitrogens with zero attached hydrogens (tertiary/aromatic N) is 2. The van der Waals surface area contributed by atoms with Crippen LogP contribution in [0.3, 0.4) is 0 Å². The van der Waals surface area contributed by atoms with Crippen molar-refractivity contribution < 1.29 is 17.5 Å². The zero-order valence-corrected chi connectivity index (χ0v) is 15.9. The summed E-state index contributed by atoms with van der Waals surface area (Å²) < 4.78 is 45.9. The summed E-state index contributed by atoms with van der Waals surface area (Å²) in [7, 11) is -3.79. The minimum atomic E-state index is -3.79. The van der Waals surface area contributed by atoms with Crippen molar-refractivity contribution in [3.63, 3.8) is 0 Å². The molecule has 27 heavy (non-hydrogen) atoms. The molecule has 1 aliphatic rings. The number of aromatic nitrogens is 1. The maximum atomic E-state index is 13.3. The fourth-order valence-electron chi connectivity index (χ4n) is 2.72. The van der Waals surface area contributed by atoms with E-state index in [0.29, 0.717) is 11.5 Å². The Kier molecular flexibility index (Phi) is 6.25. The Bertz CT molecular complexity index is 869. The Morgan fingerprint density at radius 1 is 1.22 bits per heavy atom. The first-order chi connectivity index (χ1) is 12.9. The highest BCUT2D eigenvalue weighted by atomic mass is 32.2. The van der Waals surface area contributed by atoms with Gasteiger partial charge in [-0.25, -0.2) is 17.8 Å². The molecule has 2 aromatic rings. The fourth-order valence-corrected chi connectivity index (χ4v) is 3.85. The molecule has 7 nitrogen and oxygen atoms in total. The first kappa shape index (κ1) is 19.5. The molecule has 0 bridgehead atoms. The Hall–Kier alpha value is -2.23. The van der Waals surface area contributed by atoms with Gasteiger partial charge in [0.1, 0.15) is 11.6 Å². The van der Waals surface area contributed by atoms with Crippen LogP contribution >= 0.6 is 0 Å². The van der Waals surface area contributed by atoms with Crippen molar-refractivity contribution in [2.75, 3.05) is 49.4 Å². The normalized spacial score (nSPS) is 15.5. The maximum Gasteiger partial charge on any atom is 0.261 e. The molecule has 2 N–H and O–H groups in total. The first-order valence-corrected chi connectivity index (χ1v) is 10.2. The molecule has 1 aliphatic heterocycles. The smallest absolute Gasteiger partial charge is 0.261 e. The minimum absolute atomic E-state index is 0.00844. The number of anilines is 2. The summed E-state index contributed by atoms with van der Waals surface area (Å²) in [5.74, 6) is 0.229. The molecule has 3 rings (SSSR count). The van der Waals surface area contributed by atoms with Gasteiger partial charge < -0.3 is 10.1 Å². The molecule has 0 radical (unpaired) electrons. The second-order valence-corrected chi connectivity index (χ2v) is 8.01. The number of pyridine rings is 1. The monoisotopic (exact) mass is 394 g/mol. The summed E-state index contributed by atoms with van der Waals surface area (Å²) in [5, 5.41) is 3.21. The van der Waals surface area contributed by atoms with Crippen molar-refractivity contribution >= 4 is 21.5 Å². The number of ether oxygens (including phenoxy) is 1. The quantitative estimate of drug-likeness (QED) is 0.748. The Balaban J connectivity index is 1.55. The van der Waals surface area contributed by atoms with Gasteiger partial charge in [-0.15, -0.1) is 0 Å². The first-order valence-electron chi connectivity index (χ1n) is 8.73. The SMILES string of the molecule is Cc1cc(S(=O)(=O)Nc2ccc(NCCN3CCOCC3)nc2)ccc1F. The molecule has 0 aliphatic carbocycles. The van der Waals surface area contributed by atoms with Crippen LogP contribution in [-0.4, -0.2) is 57.7 Å². The topological polar surface area (TPSA) is 83.6 Å². The Labute approximate surface area is 158 Å². The Morgan fingerprint density at radius 3 is 2.67 bits per heavy atom. The number of sulfonamides is 1. The number of hydrogen-bond donors (Lipinski definition) is 2. The number of morpholine rings is 1. The van der Waals surface area contributed by atoms with Crippen LogP contribution in [0.1, 0.15) is 5.56 Å². The number of benzene rings is 1. The van der Waals surface area contributed by atoms with E-state index in [4.69, 9.17) is 4.74 Å². The van der Waals surface area contributed by atoms with Gasteiger partial charge in [0.05, 0.1) is 30.0 Å². The molecule has 1 aromatic heterocycles. The van der Waals surface area contributed by atoms with E-state index in [1.54, 1.807) is 12.1 Å². The van der Waals surface area contributed by atoms with Gasteiger partial charge in [0.25, 0.3) is 10.0 Å². The molecule has 1 saturated heterocycles. The van der Waals surface area contributed by atoms with E-state index in [1.165, 1.54) is 25.3 Å². The summed E-state index contributed by atoms with van der Waals surface area (Å²) in [6.07, 6.45) is 1.45. The van der Waals surface area contributed by atoms with Crippen LogP contribution in [0.15, 0.2) is 41.4 Å². The van der Waals surface area contributed by atoms with Crippen molar-refractivity contribution in [3.8, 4) is 0 Å². The molecule has 2 heterocycles. The zero-order valence-electron chi connectivity index (χ0n) is 15.1. The fraction of sp³-hybridized carbons (Fsp3) is 0.389. The van der Waals surface area contributed by atoms with Crippen molar-refractivity contribution in [3.05, 3.63) is 47.9 Å². The molecule has 0 spiro atoms. The van der Waals surface area contributed by atoms with Gasteiger partial charge in [-0.2, -0.15) is 0 Å². The summed E-state index contributed by atoms with van der Waals surface area (Å²) in [6, 6.07) is 7.03. The van der Waals surface area contributed by atoms with Gasteiger partial charge in [0.15, 0.2) is 0 Å². The zero-order chi connectivity index (χ0) is 19.3. The lowest BCUT2D eigenvalue weighted by Crippen LogP contribution is -2.39. The largest absolute Gasteiger partial charge is 0.379 e. The average molecular weight is 394 g/mol. The summed E-state index contributed by atoms with van der Waals surface area (Å²) in [6.45, 7) is 6.54. The summed E-state index contributed by atoms with van der Waals surface area (Å²) in [4.78, 5) is 6.55. The van der Waals surface area contributed by atoms with Crippen LogP contribution in [0.25, 0.3) is 0 Å². The predicted octanol–water partition coefficient (Wildman–Crippen LogP) is 2.07. The highest BCUT2D eigenvalue weighted by Gasteiger charge is 2.16. The van der Waals surface area contributed by atoms with Crippen molar-refractivity contribution in [2.24, 2.45) is 0 Å². The highest BCUT2D eigenvalue weighted by molar-refractivity contribution is 7.92. The number of hydrogen-bond acceptors (Lipinski definition) is 6. The second-order valence-electron chi connectivity index (χ2n) is 6.33. The molecular weight excluding hydrogens is 371 g/mol. The van der Waals surface area contributed by atoms with E-state index >= 15 is 0 Å². The van der Waals surface area contributed by atoms with E-state index in [0.717, 1.165) is 45.5 Å². The van der Waals surface area contributed by atoms with Crippen LogP contribution in [-0.2, 0) is 14.8 Å². The number of nitrogens with one attached hydrogen (secondary N) is 2. The van der Waals surface area contributed by atoms with Gasteiger partial charge in [0.2, 0.25) is 0 Å². The van der Waals surface area contributed by atoms with Gasteiger partial charge >= 0.3 is 0 Å². The summed E-state index contributed by atoms with van der Waals surface area (Å²) in [5.41, 5.74) is 0.617. The van der Waals surface area contributed by atoms with Crippen molar-refractivity contribution in [1.82, 2.24) is 9.88 Å². The van der Waals surface area contributed by atoms with Crippen LogP contribution in [0.2, 0.25) is 0 Å². The lowest BCUT2D eigenvalue weighted by atomic mass is 10.2. The Morgan fingerprint density at radius 2 is 2.00 bits per heavy atom. The van der Waals surface area contributed by atoms with E-state index in [9.17, 15) is 12.8 Å². The van der Waals surface area contributed by atoms with Crippen molar-refractivity contribution in [1.29, 1.82) is 0 Å². The molecule has 1 fully saturated rings. The predicted molar refractivity (Wildman–Crippen MR) is 102 cm³/mol. The third-order valence-corrected chi connectivity index (χ3v) is 5.67. The average Bonchev–Trinajstić information content (AvgIpc) is 2.66. The lowest BCUT2D eigenvalue weighted by molar-refractivity contribution is 0.0398. The maximum absolute atomic E-state index is 13.3. The molecule has 9 heteroatoms. The van der Waals surface area contributed by atoms with E-state index in [-0.39, 0.29) is 10.5 Å². The van der Waals surface area contributed by atoms with Gasteiger partial charge in [-0.1, -0.05) is 0 Å². The third kappa shape index (κ3) is 5.38. The van der Waals surface area contributed by atoms with E-state index in [2.05, 4.69) is 19.9 Å². The van der Waals surface area contributed by atoms with E-state index in [1.807, 2.05) is 0 Å². The molecule has 0 atom stereocenters. The van der Waals surface area contributed by atoms with Crippen LogP contribution in [0.4, 0.5) is 15.9 Å². The lowest BCUT2D eigenvalue weighted by Gasteiger charge is -2.26. The number of rotatable bonds is 7. The number of halogens is 1. The standard InChI is InChI=1S/C18H23FN4O3S/c1-14-12-16(3-4-17(14)19)27(24,25)22-15-2-5-18(21-13-15)20-6-7-23-8-10-26-11-9-23/h2-5,12-13,22H,6-11H2,1H3,(H,20,21). The van der Waals surface area contributed by atoms with Gasteiger partial charge in [-0.3, -0.25) is 9.62 Å². The molecule has 0 saturated carbocycles. The third-order valence-electron chi connectivity index (χ3n) is 4.29. The van der Waals surface area contributed by atoms with Crippen molar-refractivity contribution in [2.45, 2.75) is 11.8 Å². The molecular formula is C18H23FN4O3S. The van der Waals surface area contributed by atoms with Gasteiger partial charge in [-0.05, 0) is 42.8 Å². The molecule has 146 valence electrons. The second kappa shape index (κ2) is 8.64. The number of aryl methyl sites for hydroxylation is 1. The minimum Gasteiger partial charge on any atom is -0.379 e. The highest BCUT2D eigenvalue weighted by Crippen LogP contribution is 2.19. The van der Waals surface area contributed by atoms with E-state index < -0.39 is 15.8 Å². The van der Waals surface area contributed by atoms with Gasteiger partial charge in [0, 0.05) is 26.2 Å². The van der Waals surface area contributed by atoms with Crippen LogP contribution in [0.5, 0.6) is 0 Å².